The third-order valence-corrected chi connectivity index (χ3v) is 5.49. The van der Waals surface area contributed by atoms with Crippen LogP contribution in [0.1, 0.15) is 42.2 Å². The lowest BCUT2D eigenvalue weighted by Crippen LogP contribution is -2.02. The molecule has 20 heavy (non-hydrogen) atoms. The van der Waals surface area contributed by atoms with Gasteiger partial charge in [-0.15, -0.1) is 0 Å². The Balaban J connectivity index is 2.68. The predicted molar refractivity (Wildman–Crippen MR) is 95.3 cm³/mol. The molecule has 3 nitrogen and oxygen atoms in total. The van der Waals surface area contributed by atoms with Gasteiger partial charge in [0, 0.05) is 40.2 Å². The van der Waals surface area contributed by atoms with E-state index in [4.69, 9.17) is 5.26 Å². The lowest BCUT2D eigenvalue weighted by atomic mass is 10.0. The van der Waals surface area contributed by atoms with Crippen molar-refractivity contribution in [2.45, 2.75) is 26.2 Å². The van der Waals surface area contributed by atoms with Gasteiger partial charge in [0.1, 0.15) is 6.42 Å². The summed E-state index contributed by atoms with van der Waals surface area (Å²) in [6.07, 6.45) is -0.0915. The maximum absolute atomic E-state index is 12.0. The maximum Gasteiger partial charge on any atom is 0.194 e. The van der Waals surface area contributed by atoms with E-state index >= 15 is 0 Å². The number of carbonyl (C=O) groups excluding carboxylic acids is 1. The molecule has 0 radical (unpaired) electrons. The lowest BCUT2D eigenvalue weighted by molar-refractivity contribution is 0.0993. The molecule has 0 N–H and O–H groups in total. The topological polar surface area (TPSA) is 45.8 Å². The number of rotatable bonds is 4. The molecule has 0 spiro atoms. The van der Waals surface area contributed by atoms with E-state index in [2.05, 4.69) is 57.0 Å². The van der Waals surface area contributed by atoms with E-state index in [0.29, 0.717) is 11.6 Å². The number of benzene rings is 1. The van der Waals surface area contributed by atoms with Crippen molar-refractivity contribution in [2.75, 3.05) is 0 Å². The Kier molecular flexibility index (Phi) is 5.15. The molecule has 0 aliphatic heterocycles. The Morgan fingerprint density at radius 3 is 2.75 bits per heavy atom. The summed E-state index contributed by atoms with van der Waals surface area (Å²) in [6, 6.07) is 7.94. The molecule has 2 rings (SSSR count). The average Bonchev–Trinajstić information content (AvgIpc) is 2.75. The number of ketones is 1. The van der Waals surface area contributed by atoms with Gasteiger partial charge in [0.05, 0.1) is 17.3 Å². The molecule has 104 valence electrons. The molecular weight excluding hydrogens is 451 g/mol. The van der Waals surface area contributed by atoms with Crippen LogP contribution in [-0.2, 0) is 0 Å². The highest BCUT2D eigenvalue weighted by Crippen LogP contribution is 2.35. The van der Waals surface area contributed by atoms with E-state index in [9.17, 15) is 4.79 Å². The van der Waals surface area contributed by atoms with Crippen molar-refractivity contribution in [2.24, 2.45) is 0 Å². The molecule has 0 fully saturated rings. The zero-order valence-electron chi connectivity index (χ0n) is 11.0. The van der Waals surface area contributed by atoms with E-state index in [1.807, 2.05) is 22.2 Å². The van der Waals surface area contributed by atoms with Crippen LogP contribution >= 0.6 is 46.3 Å². The standard InChI is InChI=1S/C14H12BrIN2OS/c1-8(2)10-5-9-6-13(14(19)3-4-17)18(20-16)12(9)7-11(10)15/h5-8H,3H2,1-2H3. The molecule has 2 aromatic rings. The molecular formula is C14H12BrIN2OS. The summed E-state index contributed by atoms with van der Waals surface area (Å²) in [5.41, 5.74) is 2.78. The summed E-state index contributed by atoms with van der Waals surface area (Å²) >= 11 is 5.74. The Bertz CT molecular complexity index is 718. The summed E-state index contributed by atoms with van der Waals surface area (Å²) in [7, 11) is 1.44. The van der Waals surface area contributed by atoms with Crippen LogP contribution in [0.5, 0.6) is 0 Å². The van der Waals surface area contributed by atoms with E-state index in [1.165, 1.54) is 14.7 Å². The SMILES string of the molecule is CC(C)c1cc2cc(C(=O)CC#N)n(SI)c2cc1Br. The molecule has 0 atom stereocenters. The van der Waals surface area contributed by atoms with Crippen LogP contribution in [0.4, 0.5) is 0 Å². The first-order chi connectivity index (χ1) is 9.49. The quantitative estimate of drug-likeness (QED) is 0.447. The second-order valence-electron chi connectivity index (χ2n) is 4.74. The van der Waals surface area contributed by atoms with Gasteiger partial charge in [-0.3, -0.25) is 8.77 Å². The van der Waals surface area contributed by atoms with Crippen molar-refractivity contribution in [3.05, 3.63) is 33.9 Å². The number of nitriles is 1. The third-order valence-electron chi connectivity index (χ3n) is 3.09. The van der Waals surface area contributed by atoms with E-state index < -0.39 is 0 Å². The minimum atomic E-state index is -0.143. The number of hydrogen-bond acceptors (Lipinski definition) is 3. The Morgan fingerprint density at radius 2 is 2.20 bits per heavy atom. The fourth-order valence-corrected chi connectivity index (χ4v) is 4.62. The van der Waals surface area contributed by atoms with Crippen molar-refractivity contribution in [1.82, 2.24) is 3.97 Å². The molecule has 1 aromatic heterocycles. The number of fused-ring (bicyclic) bond motifs is 1. The summed E-state index contributed by atoms with van der Waals surface area (Å²) in [5.74, 6) is 0.262. The van der Waals surface area contributed by atoms with Crippen molar-refractivity contribution in [3.8, 4) is 6.07 Å². The van der Waals surface area contributed by atoms with Crippen LogP contribution in [0.2, 0.25) is 0 Å². The molecule has 0 saturated carbocycles. The lowest BCUT2D eigenvalue weighted by Gasteiger charge is -2.09. The van der Waals surface area contributed by atoms with Gasteiger partial charge in [-0.1, -0.05) is 29.8 Å². The molecule has 0 unspecified atom stereocenters. The molecule has 6 heteroatoms. The largest absolute Gasteiger partial charge is 0.291 e. The Labute approximate surface area is 142 Å². The number of nitrogens with zero attached hydrogens (tertiary/aromatic N) is 2. The van der Waals surface area contributed by atoms with Crippen LogP contribution < -0.4 is 0 Å². The minimum Gasteiger partial charge on any atom is -0.291 e. The van der Waals surface area contributed by atoms with Gasteiger partial charge < -0.3 is 0 Å². The second-order valence-corrected chi connectivity index (χ2v) is 7.28. The molecule has 0 saturated heterocycles. The molecule has 0 bridgehead atoms. The molecule has 1 aromatic carbocycles. The van der Waals surface area contributed by atoms with Gasteiger partial charge in [-0.05, 0) is 29.7 Å². The smallest absolute Gasteiger partial charge is 0.194 e. The van der Waals surface area contributed by atoms with Crippen molar-refractivity contribution < 1.29 is 4.79 Å². The summed E-state index contributed by atoms with van der Waals surface area (Å²) in [5, 5.41) is 9.73. The van der Waals surface area contributed by atoms with Crippen molar-refractivity contribution >= 4 is 62.9 Å². The number of hydrogen-bond donors (Lipinski definition) is 0. The minimum absolute atomic E-state index is 0.0915. The van der Waals surface area contributed by atoms with Gasteiger partial charge in [-0.25, -0.2) is 0 Å². The van der Waals surface area contributed by atoms with Crippen LogP contribution in [-0.4, -0.2) is 9.76 Å². The summed E-state index contributed by atoms with van der Waals surface area (Å²) < 4.78 is 2.92. The van der Waals surface area contributed by atoms with Gasteiger partial charge in [0.2, 0.25) is 0 Å². The Hall–Kier alpha value is -0.520. The van der Waals surface area contributed by atoms with Gasteiger partial charge >= 0.3 is 0 Å². The van der Waals surface area contributed by atoms with Crippen LogP contribution in [0, 0.1) is 11.3 Å². The monoisotopic (exact) mass is 462 g/mol. The maximum atomic E-state index is 12.0. The zero-order valence-corrected chi connectivity index (χ0v) is 15.5. The van der Waals surface area contributed by atoms with Crippen molar-refractivity contribution in [3.63, 3.8) is 0 Å². The third kappa shape index (κ3) is 2.90. The van der Waals surface area contributed by atoms with Gasteiger partial charge in [0.15, 0.2) is 5.78 Å². The van der Waals surface area contributed by atoms with E-state index in [-0.39, 0.29) is 12.2 Å². The fraction of sp³-hybridized carbons (Fsp3) is 0.286. The highest BCUT2D eigenvalue weighted by molar-refractivity contribution is 14.2. The number of halogens is 2. The highest BCUT2D eigenvalue weighted by atomic mass is 127. The fourth-order valence-electron chi connectivity index (χ4n) is 2.10. The van der Waals surface area contributed by atoms with E-state index in [0.717, 1.165) is 15.4 Å². The van der Waals surface area contributed by atoms with Crippen LogP contribution in [0.3, 0.4) is 0 Å². The molecule has 0 amide bonds. The normalized spacial score (nSPS) is 11.0. The van der Waals surface area contributed by atoms with Gasteiger partial charge in [0.25, 0.3) is 0 Å². The number of Topliss-reactive ketones (excluding diaryl/α,β-unsaturated/α-hetero) is 1. The molecule has 1 heterocycles. The number of carbonyl (C=O) groups is 1. The van der Waals surface area contributed by atoms with Crippen LogP contribution in [0.15, 0.2) is 22.7 Å². The van der Waals surface area contributed by atoms with Gasteiger partial charge in [-0.2, -0.15) is 5.26 Å². The summed E-state index contributed by atoms with van der Waals surface area (Å²) in [6.45, 7) is 4.27. The number of aromatic nitrogens is 1. The second kappa shape index (κ2) is 6.50. The first-order valence-corrected chi connectivity index (χ1v) is 10.1. The predicted octanol–water partition coefficient (Wildman–Crippen LogP) is 5.47. The highest BCUT2D eigenvalue weighted by Gasteiger charge is 2.17. The Morgan fingerprint density at radius 1 is 1.50 bits per heavy atom. The molecule has 0 aliphatic rings. The van der Waals surface area contributed by atoms with Crippen LogP contribution in [0.25, 0.3) is 10.9 Å². The summed E-state index contributed by atoms with van der Waals surface area (Å²) in [4.78, 5) is 12.0. The van der Waals surface area contributed by atoms with Crippen molar-refractivity contribution in [1.29, 1.82) is 5.26 Å². The average molecular weight is 463 g/mol. The van der Waals surface area contributed by atoms with E-state index in [1.54, 1.807) is 0 Å². The first kappa shape index (κ1) is 15.9. The zero-order chi connectivity index (χ0) is 14.9. The molecule has 0 aliphatic carbocycles. The first-order valence-electron chi connectivity index (χ1n) is 6.03.